The average molecular weight is 484 g/mol. The summed E-state index contributed by atoms with van der Waals surface area (Å²) in [4.78, 5) is 2.96. The monoisotopic (exact) mass is 483 g/mol. The van der Waals surface area contributed by atoms with Gasteiger partial charge in [-0.05, 0) is 54.4 Å². The van der Waals surface area contributed by atoms with Crippen molar-refractivity contribution in [1.82, 2.24) is 0 Å². The normalized spacial score (nSPS) is 16.0. The molecule has 0 bridgehead atoms. The van der Waals surface area contributed by atoms with Crippen molar-refractivity contribution in [3.05, 3.63) is 10.4 Å². The lowest BCUT2D eigenvalue weighted by atomic mass is 9.81. The van der Waals surface area contributed by atoms with Gasteiger partial charge in [0.25, 0.3) is 0 Å². The molecule has 0 aliphatic rings. The third kappa shape index (κ3) is 15.0. The molecular formula is C26H53N3O3Si. The first-order chi connectivity index (χ1) is 15.3. The Balaban J connectivity index is 4.74. The first kappa shape index (κ1) is 32.3. The molecule has 7 heteroatoms. The smallest absolute Gasteiger partial charge is 0.0985 e. The minimum atomic E-state index is -0.937. The van der Waals surface area contributed by atoms with Crippen molar-refractivity contribution in [3.8, 4) is 0 Å². The maximum atomic E-state index is 11.2. The summed E-state index contributed by atoms with van der Waals surface area (Å²) in [5, 5.41) is 26.9. The number of rotatable bonds is 18. The van der Waals surface area contributed by atoms with Gasteiger partial charge in [-0.2, -0.15) is 0 Å². The van der Waals surface area contributed by atoms with E-state index in [2.05, 4.69) is 16.9 Å². The minimum absolute atomic E-state index is 0.510. The molecule has 6 nitrogen and oxygen atoms in total. The lowest BCUT2D eigenvalue weighted by Crippen LogP contribution is -2.53. The van der Waals surface area contributed by atoms with Crippen molar-refractivity contribution >= 4 is 15.0 Å². The highest BCUT2D eigenvalue weighted by Crippen LogP contribution is 2.30. The van der Waals surface area contributed by atoms with Gasteiger partial charge in [0.1, 0.15) is 0 Å². The zero-order valence-electron chi connectivity index (χ0n) is 22.6. The average Bonchev–Trinajstić information content (AvgIpc) is 2.71. The third-order valence-corrected chi connectivity index (χ3v) is 6.82. The van der Waals surface area contributed by atoms with Gasteiger partial charge in [-0.1, -0.05) is 102 Å². The van der Waals surface area contributed by atoms with Gasteiger partial charge in [0.2, 0.25) is 0 Å². The number of ether oxygens (including phenoxy) is 1. The van der Waals surface area contributed by atoms with Crippen molar-refractivity contribution in [2.75, 3.05) is 0 Å². The van der Waals surface area contributed by atoms with Crippen LogP contribution in [0.3, 0.4) is 0 Å². The maximum Gasteiger partial charge on any atom is 0.0985 e. The lowest BCUT2D eigenvalue weighted by Gasteiger charge is -2.40. The second-order valence-electron chi connectivity index (χ2n) is 11.6. The van der Waals surface area contributed by atoms with Crippen LogP contribution in [0.5, 0.6) is 0 Å². The van der Waals surface area contributed by atoms with E-state index in [9.17, 15) is 10.2 Å². The number of aliphatic hydroxyl groups excluding tert-OH is 2. The highest BCUT2D eigenvalue weighted by molar-refractivity contribution is 6.39. The van der Waals surface area contributed by atoms with Crippen molar-refractivity contribution in [1.29, 1.82) is 0 Å². The molecule has 0 radical (unpaired) electrons. The van der Waals surface area contributed by atoms with Crippen LogP contribution in [-0.2, 0) is 4.74 Å². The first-order valence-corrected chi connectivity index (χ1v) is 13.8. The molecule has 2 N–H and O–H groups in total. The molecule has 0 aromatic heterocycles. The molecule has 0 saturated carbocycles. The molecule has 0 saturated heterocycles. The van der Waals surface area contributed by atoms with Gasteiger partial charge in [-0.3, -0.25) is 0 Å². The van der Waals surface area contributed by atoms with E-state index in [1.165, 1.54) is 57.8 Å². The van der Waals surface area contributed by atoms with Gasteiger partial charge in [0.15, 0.2) is 0 Å². The second kappa shape index (κ2) is 16.8. The molecular weight excluding hydrogens is 430 g/mol. The lowest BCUT2D eigenvalue weighted by molar-refractivity contribution is -0.127. The Morgan fingerprint density at radius 3 is 1.73 bits per heavy atom. The van der Waals surface area contributed by atoms with Crippen molar-refractivity contribution < 1.29 is 14.9 Å². The van der Waals surface area contributed by atoms with E-state index in [0.29, 0.717) is 0 Å². The number of hydrogen-bond acceptors (Lipinski definition) is 4. The summed E-state index contributed by atoms with van der Waals surface area (Å²) in [6.45, 7) is 13.6. The summed E-state index contributed by atoms with van der Waals surface area (Å²) in [5.74, 6) is 0. The molecule has 0 fully saturated rings. The largest absolute Gasteiger partial charge is 0.392 e. The Bertz CT molecular complexity index is 580. The molecule has 4 atom stereocenters. The standard InChI is InChI=1S/C26H53N3O3Si/c1-8-9-10-11-12-13-14-15-16-17-18-19-20(33)22(30)23(32-26(5,6)7)21(28-29-27)24(31)25(2,3)4/h21-24,30-31H,8-19,33H2,1-7H3/t21-,22+,23+,24?/m1/s1. The molecule has 0 aromatic carbocycles. The van der Waals surface area contributed by atoms with E-state index in [0.717, 1.165) is 24.4 Å². The summed E-state index contributed by atoms with van der Waals surface area (Å²) in [6, 6.07) is -0.874. The van der Waals surface area contributed by atoms with Crippen LogP contribution in [0.2, 0.25) is 0 Å². The van der Waals surface area contributed by atoms with E-state index in [1.54, 1.807) is 9.85 Å². The fourth-order valence-corrected chi connectivity index (χ4v) is 4.49. The van der Waals surface area contributed by atoms with Crippen LogP contribution >= 0.6 is 0 Å². The molecule has 0 amide bonds. The molecule has 0 spiro atoms. The third-order valence-electron chi connectivity index (χ3n) is 6.05. The Labute approximate surface area is 206 Å². The quantitative estimate of drug-likeness (QED) is 0.0807. The number of nitrogens with zero attached hydrogens (tertiary/aromatic N) is 3. The molecule has 0 heterocycles. The van der Waals surface area contributed by atoms with Gasteiger partial charge in [0, 0.05) is 4.91 Å². The van der Waals surface area contributed by atoms with Gasteiger partial charge >= 0.3 is 0 Å². The van der Waals surface area contributed by atoms with Crippen LogP contribution in [0.15, 0.2) is 5.11 Å². The Morgan fingerprint density at radius 1 is 0.879 bits per heavy atom. The number of unbranched alkanes of at least 4 members (excludes halogenated alkanes) is 10. The Hall–Kier alpha value is -0.723. The highest BCUT2D eigenvalue weighted by Gasteiger charge is 2.41. The summed E-state index contributed by atoms with van der Waals surface area (Å²) >= 11 is 0. The van der Waals surface area contributed by atoms with Crippen LogP contribution in [0.25, 0.3) is 10.4 Å². The van der Waals surface area contributed by atoms with Crippen LogP contribution in [0, 0.1) is 5.41 Å². The van der Waals surface area contributed by atoms with Crippen LogP contribution in [0.4, 0.5) is 0 Å². The van der Waals surface area contributed by atoms with E-state index < -0.39 is 35.4 Å². The van der Waals surface area contributed by atoms with Crippen molar-refractivity contribution in [2.45, 2.75) is 155 Å². The summed E-state index contributed by atoms with van der Waals surface area (Å²) in [7, 11) is 1.70. The predicted octanol–water partition coefficient (Wildman–Crippen LogP) is 6.12. The molecule has 0 aliphatic carbocycles. The molecule has 0 aromatic rings. The van der Waals surface area contributed by atoms with Crippen LogP contribution in [0.1, 0.15) is 126 Å². The Morgan fingerprint density at radius 2 is 1.33 bits per heavy atom. The van der Waals surface area contributed by atoms with Crippen LogP contribution in [-0.4, -0.2) is 55.2 Å². The first-order valence-electron chi connectivity index (χ1n) is 13.1. The fourth-order valence-electron chi connectivity index (χ4n) is 4.01. The molecule has 194 valence electrons. The highest BCUT2D eigenvalue weighted by atomic mass is 28.1. The van der Waals surface area contributed by atoms with Gasteiger partial charge in [-0.15, -0.1) is 0 Å². The van der Waals surface area contributed by atoms with E-state index in [4.69, 9.17) is 10.3 Å². The van der Waals surface area contributed by atoms with E-state index in [-0.39, 0.29) is 0 Å². The maximum absolute atomic E-state index is 11.2. The molecule has 0 aliphatic heterocycles. The molecule has 0 rings (SSSR count). The van der Waals surface area contributed by atoms with Gasteiger partial charge in [-0.25, -0.2) is 0 Å². The zero-order chi connectivity index (χ0) is 25.5. The number of aliphatic hydroxyl groups is 2. The van der Waals surface area contributed by atoms with Crippen LogP contribution < -0.4 is 0 Å². The van der Waals surface area contributed by atoms with Crippen molar-refractivity contribution in [3.63, 3.8) is 0 Å². The Kier molecular flexibility index (Phi) is 16.5. The summed E-state index contributed by atoms with van der Waals surface area (Å²) in [6.07, 6.45) is 12.3. The van der Waals surface area contributed by atoms with E-state index in [1.807, 2.05) is 41.5 Å². The minimum Gasteiger partial charge on any atom is -0.392 e. The van der Waals surface area contributed by atoms with Gasteiger partial charge < -0.3 is 14.9 Å². The fraction of sp³-hybridized carbons (Fsp3) is 0.962. The SMILES string of the molecule is CCCCCCCCCCCCCC(=[SiH2])[C@H](O)[C@@H](OC(C)(C)C)[C@@H](N=[N+]=[N-])C(O)C(C)(C)C. The topological polar surface area (TPSA) is 98.5 Å². The predicted molar refractivity (Wildman–Crippen MR) is 144 cm³/mol. The number of hydrogen-bond donors (Lipinski definition) is 2. The second-order valence-corrected chi connectivity index (χ2v) is 12.5. The zero-order valence-corrected chi connectivity index (χ0v) is 24.1. The van der Waals surface area contributed by atoms with Gasteiger partial charge in [0.05, 0.1) is 30.0 Å². The number of azide groups is 1. The van der Waals surface area contributed by atoms with Crippen molar-refractivity contribution in [2.24, 2.45) is 10.5 Å². The summed E-state index contributed by atoms with van der Waals surface area (Å²) in [5.41, 5.74) is 8.08. The molecule has 33 heavy (non-hydrogen) atoms. The summed E-state index contributed by atoms with van der Waals surface area (Å²) < 4.78 is 6.17. The van der Waals surface area contributed by atoms with E-state index >= 15 is 0 Å². The molecule has 1 unspecified atom stereocenters.